The van der Waals surface area contributed by atoms with Gasteiger partial charge in [-0.05, 0) is 49.8 Å². The average Bonchev–Trinajstić information content (AvgIpc) is 2.69. The van der Waals surface area contributed by atoms with Crippen molar-refractivity contribution in [1.82, 2.24) is 14.9 Å². The molecule has 2 aromatic rings. The number of nitrogens with zero attached hydrogens (tertiary/aromatic N) is 2. The molecule has 0 bridgehead atoms. The molecule has 8 heteroatoms. The van der Waals surface area contributed by atoms with Crippen molar-refractivity contribution in [2.45, 2.75) is 67.0 Å². The molecule has 0 saturated carbocycles. The van der Waals surface area contributed by atoms with E-state index in [1.165, 1.54) is 15.7 Å². The molecule has 176 valence electrons. The lowest BCUT2D eigenvalue weighted by atomic mass is 10.0. The van der Waals surface area contributed by atoms with Gasteiger partial charge in [0.15, 0.2) is 0 Å². The molecule has 1 aromatic carbocycles. The Balaban J connectivity index is 2.30. The Bertz CT molecular complexity index is 1050. The van der Waals surface area contributed by atoms with Crippen LogP contribution in [0, 0.1) is 19.8 Å². The molecule has 1 amide bonds. The maximum atomic E-state index is 12.9. The summed E-state index contributed by atoms with van der Waals surface area (Å²) in [4.78, 5) is 41.9. The number of nitrogen functional groups attached to an aromatic ring is 1. The molecular formula is C24H37N5O3. The molecular weight excluding hydrogens is 406 g/mol. The van der Waals surface area contributed by atoms with Crippen LogP contribution in [0.2, 0.25) is 0 Å². The number of carbonyl (C=O) groups is 1. The smallest absolute Gasteiger partial charge is 0.330 e. The van der Waals surface area contributed by atoms with Gasteiger partial charge < -0.3 is 16.0 Å². The highest BCUT2D eigenvalue weighted by molar-refractivity contribution is 5.82. The van der Waals surface area contributed by atoms with Crippen molar-refractivity contribution in [2.75, 3.05) is 23.7 Å². The number of rotatable bonds is 10. The fraction of sp³-hybridized carbons (Fsp3) is 0.542. The Morgan fingerprint density at radius 3 is 2.47 bits per heavy atom. The standard InChI is InChI=1S/C24H37N5O3/c1-7-8-11-29-22(25)21(23(31)27-24(29)32)28(13-15(2)3)14-20(30)26-18(6)19-10-9-16(4)17(5)12-19/h9-10,12,15,18H,7-8,11,13-14,25H2,1-6H3,(H,26,30)(H,27,31,32). The molecule has 32 heavy (non-hydrogen) atoms. The highest BCUT2D eigenvalue weighted by atomic mass is 16.2. The van der Waals surface area contributed by atoms with E-state index < -0.39 is 11.2 Å². The van der Waals surface area contributed by atoms with Crippen LogP contribution in [0.5, 0.6) is 0 Å². The Morgan fingerprint density at radius 2 is 1.88 bits per heavy atom. The molecule has 1 heterocycles. The lowest BCUT2D eigenvalue weighted by molar-refractivity contribution is -0.120. The Hall–Kier alpha value is -3.03. The molecule has 0 radical (unpaired) electrons. The second-order valence-corrected chi connectivity index (χ2v) is 8.91. The van der Waals surface area contributed by atoms with Crippen LogP contribution in [-0.2, 0) is 11.3 Å². The van der Waals surface area contributed by atoms with Crippen LogP contribution in [0.3, 0.4) is 0 Å². The summed E-state index contributed by atoms with van der Waals surface area (Å²) in [6.45, 7) is 12.9. The van der Waals surface area contributed by atoms with Crippen LogP contribution in [0.15, 0.2) is 27.8 Å². The first-order chi connectivity index (χ1) is 15.0. The summed E-state index contributed by atoms with van der Waals surface area (Å²) >= 11 is 0. The summed E-state index contributed by atoms with van der Waals surface area (Å²) in [6.07, 6.45) is 1.64. The zero-order valence-corrected chi connectivity index (χ0v) is 20.1. The lowest BCUT2D eigenvalue weighted by Crippen LogP contribution is -2.44. The summed E-state index contributed by atoms with van der Waals surface area (Å²) in [5.74, 6) is 0.0548. The molecule has 2 rings (SSSR count). The van der Waals surface area contributed by atoms with Gasteiger partial charge in [-0.15, -0.1) is 0 Å². The van der Waals surface area contributed by atoms with Gasteiger partial charge >= 0.3 is 5.69 Å². The van der Waals surface area contributed by atoms with E-state index in [1.807, 2.05) is 53.7 Å². The number of unbranched alkanes of at least 4 members (excludes halogenated alkanes) is 1. The first kappa shape index (κ1) is 25.2. The molecule has 1 aromatic heterocycles. The lowest BCUT2D eigenvalue weighted by Gasteiger charge is -2.28. The SMILES string of the molecule is CCCCn1c(N)c(N(CC(=O)NC(C)c2ccc(C)c(C)c2)CC(C)C)c(=O)[nH]c1=O. The summed E-state index contributed by atoms with van der Waals surface area (Å²) in [6, 6.07) is 5.93. The summed E-state index contributed by atoms with van der Waals surface area (Å²) in [5.41, 5.74) is 8.72. The third kappa shape index (κ3) is 6.24. The number of nitrogens with one attached hydrogen (secondary N) is 2. The fourth-order valence-corrected chi connectivity index (χ4v) is 3.67. The van der Waals surface area contributed by atoms with E-state index in [1.54, 1.807) is 4.90 Å². The van der Waals surface area contributed by atoms with Crippen molar-refractivity contribution >= 4 is 17.4 Å². The Kier molecular flexibility index (Phi) is 8.69. The summed E-state index contributed by atoms with van der Waals surface area (Å²) in [7, 11) is 0. The number of aryl methyl sites for hydroxylation is 2. The van der Waals surface area contributed by atoms with Crippen LogP contribution in [0.25, 0.3) is 0 Å². The molecule has 0 aliphatic heterocycles. The monoisotopic (exact) mass is 443 g/mol. The Morgan fingerprint density at radius 1 is 1.19 bits per heavy atom. The molecule has 0 aliphatic carbocycles. The zero-order valence-electron chi connectivity index (χ0n) is 20.1. The van der Waals surface area contributed by atoms with E-state index in [0.717, 1.165) is 18.4 Å². The zero-order chi connectivity index (χ0) is 24.0. The summed E-state index contributed by atoms with van der Waals surface area (Å²) in [5, 5.41) is 3.01. The largest absolute Gasteiger partial charge is 0.383 e. The number of carbonyl (C=O) groups excluding carboxylic acids is 1. The maximum absolute atomic E-state index is 12.9. The van der Waals surface area contributed by atoms with Gasteiger partial charge in [-0.25, -0.2) is 4.79 Å². The molecule has 0 saturated heterocycles. The average molecular weight is 444 g/mol. The number of hydrogen-bond acceptors (Lipinski definition) is 5. The van der Waals surface area contributed by atoms with E-state index in [4.69, 9.17) is 5.73 Å². The maximum Gasteiger partial charge on any atom is 0.330 e. The number of benzene rings is 1. The molecule has 0 fully saturated rings. The number of aromatic nitrogens is 2. The molecule has 8 nitrogen and oxygen atoms in total. The van der Waals surface area contributed by atoms with E-state index in [9.17, 15) is 14.4 Å². The number of anilines is 2. The minimum atomic E-state index is -0.573. The highest BCUT2D eigenvalue weighted by Crippen LogP contribution is 2.20. The normalized spacial score (nSPS) is 12.1. The Labute approximate surface area is 189 Å². The van der Waals surface area contributed by atoms with E-state index >= 15 is 0 Å². The van der Waals surface area contributed by atoms with Gasteiger partial charge in [0.05, 0.1) is 12.6 Å². The topological polar surface area (TPSA) is 113 Å². The molecule has 4 N–H and O–H groups in total. The van der Waals surface area contributed by atoms with Gasteiger partial charge in [0, 0.05) is 13.1 Å². The van der Waals surface area contributed by atoms with Crippen molar-refractivity contribution in [3.8, 4) is 0 Å². The minimum absolute atomic E-state index is 0.0351. The fourth-order valence-electron chi connectivity index (χ4n) is 3.67. The van der Waals surface area contributed by atoms with Gasteiger partial charge in [0.25, 0.3) is 5.56 Å². The van der Waals surface area contributed by atoms with Crippen LogP contribution < -0.4 is 27.2 Å². The third-order valence-electron chi connectivity index (χ3n) is 5.59. The first-order valence-corrected chi connectivity index (χ1v) is 11.3. The minimum Gasteiger partial charge on any atom is -0.383 e. The van der Waals surface area contributed by atoms with Gasteiger partial charge in [0.2, 0.25) is 5.91 Å². The first-order valence-electron chi connectivity index (χ1n) is 11.3. The van der Waals surface area contributed by atoms with E-state index in [0.29, 0.717) is 13.1 Å². The molecule has 0 aliphatic rings. The highest BCUT2D eigenvalue weighted by Gasteiger charge is 2.22. The predicted octanol–water partition coefficient (Wildman–Crippen LogP) is 2.88. The molecule has 1 unspecified atom stereocenters. The van der Waals surface area contributed by atoms with Crippen molar-refractivity contribution in [1.29, 1.82) is 0 Å². The van der Waals surface area contributed by atoms with Crippen molar-refractivity contribution in [3.05, 3.63) is 55.7 Å². The number of amides is 1. The van der Waals surface area contributed by atoms with Crippen molar-refractivity contribution in [2.24, 2.45) is 5.92 Å². The van der Waals surface area contributed by atoms with Crippen LogP contribution >= 0.6 is 0 Å². The number of hydrogen-bond donors (Lipinski definition) is 3. The van der Waals surface area contributed by atoms with E-state index in [-0.39, 0.29) is 35.9 Å². The van der Waals surface area contributed by atoms with Gasteiger partial charge in [-0.2, -0.15) is 0 Å². The van der Waals surface area contributed by atoms with E-state index in [2.05, 4.69) is 16.4 Å². The van der Waals surface area contributed by atoms with Crippen molar-refractivity contribution < 1.29 is 4.79 Å². The number of H-pyrrole nitrogens is 1. The van der Waals surface area contributed by atoms with Gasteiger partial charge in [-0.3, -0.25) is 19.1 Å². The molecule has 0 spiro atoms. The predicted molar refractivity (Wildman–Crippen MR) is 130 cm³/mol. The molecule has 1 atom stereocenters. The van der Waals surface area contributed by atoms with Crippen LogP contribution in [0.4, 0.5) is 11.5 Å². The second kappa shape index (κ2) is 11.0. The third-order valence-corrected chi connectivity index (χ3v) is 5.59. The van der Waals surface area contributed by atoms with Gasteiger partial charge in [0.1, 0.15) is 11.5 Å². The quantitative estimate of drug-likeness (QED) is 0.523. The summed E-state index contributed by atoms with van der Waals surface area (Å²) < 4.78 is 1.38. The number of aromatic amines is 1. The second-order valence-electron chi connectivity index (χ2n) is 8.91. The van der Waals surface area contributed by atoms with Gasteiger partial charge in [-0.1, -0.05) is 45.4 Å². The van der Waals surface area contributed by atoms with Crippen molar-refractivity contribution in [3.63, 3.8) is 0 Å². The van der Waals surface area contributed by atoms with Crippen LogP contribution in [0.1, 0.15) is 63.3 Å². The van der Waals surface area contributed by atoms with Crippen LogP contribution in [-0.4, -0.2) is 28.5 Å². The number of nitrogens with two attached hydrogens (primary N) is 1.